The van der Waals surface area contributed by atoms with Crippen LogP contribution in [0.5, 0.6) is 0 Å². The topological polar surface area (TPSA) is 85.1 Å². The average Bonchev–Trinajstić information content (AvgIpc) is 2.39. The molecular formula is C13H14BrN3O2S. The molecule has 2 aromatic rings. The first-order valence-electron chi connectivity index (χ1n) is 5.87. The number of nitrogens with two attached hydrogens (primary N) is 1. The van der Waals surface area contributed by atoms with Crippen LogP contribution in [0.1, 0.15) is 18.5 Å². The number of anilines is 1. The molecule has 20 heavy (non-hydrogen) atoms. The largest absolute Gasteiger partial charge is 0.399 e. The van der Waals surface area contributed by atoms with Crippen molar-refractivity contribution >= 4 is 31.6 Å². The third-order valence-electron chi connectivity index (χ3n) is 2.76. The van der Waals surface area contributed by atoms with E-state index < -0.39 is 10.0 Å². The fraction of sp³-hybridized carbons (Fsp3) is 0.154. The summed E-state index contributed by atoms with van der Waals surface area (Å²) < 4.78 is 27.7. The van der Waals surface area contributed by atoms with Crippen molar-refractivity contribution in [2.75, 3.05) is 5.73 Å². The molecule has 0 saturated heterocycles. The highest BCUT2D eigenvalue weighted by atomic mass is 79.9. The second-order valence-corrected chi connectivity index (χ2v) is 6.98. The maximum atomic E-state index is 12.2. The summed E-state index contributed by atoms with van der Waals surface area (Å²) in [4.78, 5) is 3.98. The predicted octanol–water partition coefficient (Wildman–Crippen LogP) is 2.47. The molecule has 2 rings (SSSR count). The van der Waals surface area contributed by atoms with Crippen LogP contribution in [0.15, 0.2) is 52.1 Å². The van der Waals surface area contributed by atoms with Crippen molar-refractivity contribution in [1.82, 2.24) is 9.71 Å². The summed E-state index contributed by atoms with van der Waals surface area (Å²) in [6.45, 7) is 1.77. The number of hydrogen-bond acceptors (Lipinski definition) is 4. The van der Waals surface area contributed by atoms with Crippen LogP contribution in [-0.2, 0) is 10.0 Å². The summed E-state index contributed by atoms with van der Waals surface area (Å²) in [6, 6.07) is 8.20. The zero-order valence-corrected chi connectivity index (χ0v) is 13.1. The van der Waals surface area contributed by atoms with E-state index in [0.29, 0.717) is 10.2 Å². The molecule has 3 N–H and O–H groups in total. The first-order valence-corrected chi connectivity index (χ1v) is 8.14. The molecule has 1 aromatic carbocycles. The number of nitrogen functional groups attached to an aromatic ring is 1. The van der Waals surface area contributed by atoms with E-state index >= 15 is 0 Å². The van der Waals surface area contributed by atoms with Crippen molar-refractivity contribution in [3.8, 4) is 0 Å². The van der Waals surface area contributed by atoms with Gasteiger partial charge in [-0.1, -0.05) is 12.1 Å². The fourth-order valence-corrected chi connectivity index (χ4v) is 3.43. The Bertz CT molecular complexity index is 702. The second-order valence-electron chi connectivity index (χ2n) is 4.35. The lowest BCUT2D eigenvalue weighted by molar-refractivity contribution is 0.566. The summed E-state index contributed by atoms with van der Waals surface area (Å²) in [7, 11) is -3.61. The summed E-state index contributed by atoms with van der Waals surface area (Å²) >= 11 is 3.21. The second kappa shape index (κ2) is 5.90. The molecule has 0 radical (unpaired) electrons. The Morgan fingerprint density at radius 3 is 2.50 bits per heavy atom. The van der Waals surface area contributed by atoms with Gasteiger partial charge in [-0.3, -0.25) is 4.98 Å². The van der Waals surface area contributed by atoms with E-state index in [9.17, 15) is 8.42 Å². The van der Waals surface area contributed by atoms with E-state index in [0.717, 1.165) is 5.56 Å². The van der Waals surface area contributed by atoms with Gasteiger partial charge in [0.15, 0.2) is 0 Å². The van der Waals surface area contributed by atoms with Gasteiger partial charge < -0.3 is 5.73 Å². The molecule has 1 aromatic heterocycles. The SMILES string of the molecule is CC(NS(=O)(=O)c1cncc(Br)c1)c1ccc(N)cc1. The van der Waals surface area contributed by atoms with Gasteiger partial charge in [0.25, 0.3) is 0 Å². The lowest BCUT2D eigenvalue weighted by atomic mass is 10.1. The third-order valence-corrected chi connectivity index (χ3v) is 4.70. The van der Waals surface area contributed by atoms with Gasteiger partial charge in [0.1, 0.15) is 4.90 Å². The highest BCUT2D eigenvalue weighted by Gasteiger charge is 2.18. The molecule has 7 heteroatoms. The van der Waals surface area contributed by atoms with E-state index in [-0.39, 0.29) is 10.9 Å². The molecule has 1 heterocycles. The van der Waals surface area contributed by atoms with E-state index in [1.54, 1.807) is 31.2 Å². The standard InChI is InChI=1S/C13H14BrN3O2S/c1-9(10-2-4-12(15)5-3-10)17-20(18,19)13-6-11(14)7-16-8-13/h2-9,17H,15H2,1H3. The van der Waals surface area contributed by atoms with Crippen molar-refractivity contribution in [3.63, 3.8) is 0 Å². The quantitative estimate of drug-likeness (QED) is 0.825. The average molecular weight is 356 g/mol. The molecule has 0 spiro atoms. The maximum Gasteiger partial charge on any atom is 0.242 e. The third kappa shape index (κ3) is 3.56. The van der Waals surface area contributed by atoms with Gasteiger partial charge in [-0.25, -0.2) is 13.1 Å². The summed E-state index contributed by atoms with van der Waals surface area (Å²) in [5.41, 5.74) is 7.09. The number of rotatable bonds is 4. The van der Waals surface area contributed by atoms with Crippen LogP contribution < -0.4 is 10.5 Å². The van der Waals surface area contributed by atoms with Crippen molar-refractivity contribution in [2.24, 2.45) is 0 Å². The number of sulfonamides is 1. The summed E-state index contributed by atoms with van der Waals surface area (Å²) in [6.07, 6.45) is 2.84. The van der Waals surface area contributed by atoms with Crippen LogP contribution in [0, 0.1) is 0 Å². The molecule has 0 aliphatic rings. The summed E-state index contributed by atoms with van der Waals surface area (Å²) in [5.74, 6) is 0. The van der Waals surface area contributed by atoms with Crippen LogP contribution >= 0.6 is 15.9 Å². The molecule has 1 atom stereocenters. The smallest absolute Gasteiger partial charge is 0.242 e. The van der Waals surface area contributed by atoms with Gasteiger partial charge in [0.2, 0.25) is 10.0 Å². The minimum atomic E-state index is -3.61. The van der Waals surface area contributed by atoms with Crippen LogP contribution in [0.25, 0.3) is 0 Å². The van der Waals surface area contributed by atoms with Crippen LogP contribution in [-0.4, -0.2) is 13.4 Å². The maximum absolute atomic E-state index is 12.2. The van der Waals surface area contributed by atoms with Crippen molar-refractivity contribution in [1.29, 1.82) is 0 Å². The van der Waals surface area contributed by atoms with Crippen molar-refractivity contribution in [3.05, 3.63) is 52.8 Å². The molecule has 1 unspecified atom stereocenters. The molecule has 0 fully saturated rings. The van der Waals surface area contributed by atoms with Crippen molar-refractivity contribution < 1.29 is 8.42 Å². The molecule has 0 bridgehead atoms. The molecular weight excluding hydrogens is 342 g/mol. The molecule has 0 amide bonds. The van der Waals surface area contributed by atoms with Crippen LogP contribution in [0.2, 0.25) is 0 Å². The Balaban J connectivity index is 2.22. The van der Waals surface area contributed by atoms with Gasteiger partial charge in [0, 0.05) is 28.6 Å². The first-order chi connectivity index (χ1) is 9.38. The Morgan fingerprint density at radius 2 is 1.90 bits per heavy atom. The zero-order valence-electron chi connectivity index (χ0n) is 10.7. The zero-order chi connectivity index (χ0) is 14.8. The highest BCUT2D eigenvalue weighted by molar-refractivity contribution is 9.10. The Kier molecular flexibility index (Phi) is 4.42. The molecule has 106 valence electrons. The summed E-state index contributed by atoms with van der Waals surface area (Å²) in [5, 5.41) is 0. The van der Waals surface area contributed by atoms with Crippen molar-refractivity contribution in [2.45, 2.75) is 17.9 Å². The molecule has 0 aliphatic heterocycles. The monoisotopic (exact) mass is 355 g/mol. The number of halogens is 1. The van der Waals surface area contributed by atoms with Gasteiger partial charge in [-0.2, -0.15) is 0 Å². The Morgan fingerprint density at radius 1 is 1.25 bits per heavy atom. The van der Waals surface area contributed by atoms with Gasteiger partial charge in [-0.05, 0) is 46.6 Å². The van der Waals surface area contributed by atoms with Gasteiger partial charge >= 0.3 is 0 Å². The minimum absolute atomic E-state index is 0.120. The van der Waals surface area contributed by atoms with E-state index in [4.69, 9.17) is 5.73 Å². The van der Waals surface area contributed by atoms with Crippen LogP contribution in [0.3, 0.4) is 0 Å². The first kappa shape index (κ1) is 15.0. The lowest BCUT2D eigenvalue weighted by Gasteiger charge is -2.14. The van der Waals surface area contributed by atoms with Gasteiger partial charge in [0.05, 0.1) is 0 Å². The molecule has 0 saturated carbocycles. The molecule has 5 nitrogen and oxygen atoms in total. The van der Waals surface area contributed by atoms with E-state index in [1.807, 2.05) is 0 Å². The minimum Gasteiger partial charge on any atom is -0.399 e. The van der Waals surface area contributed by atoms with E-state index in [1.165, 1.54) is 18.5 Å². The number of benzene rings is 1. The highest BCUT2D eigenvalue weighted by Crippen LogP contribution is 2.19. The van der Waals surface area contributed by atoms with Crippen LogP contribution in [0.4, 0.5) is 5.69 Å². The fourth-order valence-electron chi connectivity index (χ4n) is 1.69. The normalized spacial score (nSPS) is 13.1. The lowest BCUT2D eigenvalue weighted by Crippen LogP contribution is -2.27. The number of hydrogen-bond donors (Lipinski definition) is 2. The van der Waals surface area contributed by atoms with Gasteiger partial charge in [-0.15, -0.1) is 0 Å². The molecule has 0 aliphatic carbocycles. The Hall–Kier alpha value is -1.44. The Labute approximate surface area is 126 Å². The number of aromatic nitrogens is 1. The number of nitrogens with one attached hydrogen (secondary N) is 1. The van der Waals surface area contributed by atoms with E-state index in [2.05, 4.69) is 25.6 Å². The number of nitrogens with zero attached hydrogens (tertiary/aromatic N) is 1. The predicted molar refractivity (Wildman–Crippen MR) is 81.5 cm³/mol. The number of pyridine rings is 1.